The fraction of sp³-hybridized carbons (Fsp3) is 0.364. The molecule has 2 aromatic rings. The standard InChI is InChI=1S/C22H23NO4S/c1-3-22(12-5-4-6-13-22)23-21(25)20-19(11-14-28-20)27-15-18(24)16-7-9-17(26-2)10-8-16/h1,7-11,14H,4-6,12-13,15H2,2H3,(H,23,25). The van der Waals surface area contributed by atoms with E-state index in [1.54, 1.807) is 42.8 Å². The molecule has 0 spiro atoms. The fourth-order valence-electron chi connectivity index (χ4n) is 3.32. The second-order valence-corrected chi connectivity index (χ2v) is 7.71. The number of hydrogen-bond donors (Lipinski definition) is 1. The lowest BCUT2D eigenvalue weighted by Crippen LogP contribution is -2.48. The quantitative estimate of drug-likeness (QED) is 0.565. The summed E-state index contributed by atoms with van der Waals surface area (Å²) < 4.78 is 10.7. The predicted octanol–water partition coefficient (Wildman–Crippen LogP) is 4.08. The first-order valence-corrected chi connectivity index (χ1v) is 10.1. The van der Waals surface area contributed by atoms with Crippen LogP contribution in [-0.4, -0.2) is 30.9 Å². The van der Waals surface area contributed by atoms with Crippen molar-refractivity contribution in [2.75, 3.05) is 13.7 Å². The van der Waals surface area contributed by atoms with Crippen LogP contribution in [0, 0.1) is 12.3 Å². The van der Waals surface area contributed by atoms with Crippen LogP contribution >= 0.6 is 11.3 Å². The summed E-state index contributed by atoms with van der Waals surface area (Å²) in [7, 11) is 1.57. The van der Waals surface area contributed by atoms with Crippen LogP contribution in [0.15, 0.2) is 35.7 Å². The number of thiophene rings is 1. The van der Waals surface area contributed by atoms with Crippen LogP contribution < -0.4 is 14.8 Å². The minimum absolute atomic E-state index is 0.149. The van der Waals surface area contributed by atoms with Crippen molar-refractivity contribution in [3.63, 3.8) is 0 Å². The van der Waals surface area contributed by atoms with Crippen molar-refractivity contribution < 1.29 is 19.1 Å². The van der Waals surface area contributed by atoms with Crippen molar-refractivity contribution in [1.82, 2.24) is 5.32 Å². The highest BCUT2D eigenvalue weighted by Gasteiger charge is 2.32. The summed E-state index contributed by atoms with van der Waals surface area (Å²) in [4.78, 5) is 25.5. The molecule has 1 heterocycles. The second-order valence-electron chi connectivity index (χ2n) is 6.80. The van der Waals surface area contributed by atoms with Crippen LogP contribution in [0.3, 0.4) is 0 Å². The monoisotopic (exact) mass is 397 g/mol. The molecule has 5 nitrogen and oxygen atoms in total. The third-order valence-corrected chi connectivity index (χ3v) is 5.84. The number of ether oxygens (including phenoxy) is 2. The number of hydrogen-bond acceptors (Lipinski definition) is 5. The molecule has 1 amide bonds. The van der Waals surface area contributed by atoms with Crippen LogP contribution in [0.2, 0.25) is 0 Å². The average molecular weight is 397 g/mol. The van der Waals surface area contributed by atoms with Crippen molar-refractivity contribution in [2.24, 2.45) is 0 Å². The van der Waals surface area contributed by atoms with Crippen LogP contribution in [0.1, 0.15) is 52.1 Å². The lowest BCUT2D eigenvalue weighted by Gasteiger charge is -2.33. The van der Waals surface area contributed by atoms with E-state index in [-0.39, 0.29) is 18.3 Å². The van der Waals surface area contributed by atoms with Crippen LogP contribution in [0.4, 0.5) is 0 Å². The number of Topliss-reactive ketones (excluding diaryl/α,β-unsaturated/α-hetero) is 1. The Bertz CT molecular complexity index is 873. The Morgan fingerprint density at radius 2 is 1.89 bits per heavy atom. The van der Waals surface area contributed by atoms with Gasteiger partial charge >= 0.3 is 0 Å². The Labute approximate surface area is 169 Å². The van der Waals surface area contributed by atoms with E-state index in [0.717, 1.165) is 32.1 Å². The maximum Gasteiger partial charge on any atom is 0.266 e. The van der Waals surface area contributed by atoms with Gasteiger partial charge in [0, 0.05) is 5.56 Å². The first-order valence-electron chi connectivity index (χ1n) is 9.25. The number of benzene rings is 1. The summed E-state index contributed by atoms with van der Waals surface area (Å²) in [6.45, 7) is -0.149. The smallest absolute Gasteiger partial charge is 0.266 e. The van der Waals surface area contributed by atoms with Crippen LogP contribution in [0.5, 0.6) is 11.5 Å². The zero-order valence-electron chi connectivity index (χ0n) is 15.8. The topological polar surface area (TPSA) is 64.6 Å². The van der Waals surface area contributed by atoms with Gasteiger partial charge in [0.25, 0.3) is 5.91 Å². The summed E-state index contributed by atoms with van der Waals surface area (Å²) in [6, 6.07) is 8.52. The first-order chi connectivity index (χ1) is 13.6. The third kappa shape index (κ3) is 4.55. The van der Waals surface area contributed by atoms with Gasteiger partial charge in [0.15, 0.2) is 12.4 Å². The molecule has 1 saturated carbocycles. The van der Waals surface area contributed by atoms with Gasteiger partial charge in [-0.15, -0.1) is 17.8 Å². The van der Waals surface area contributed by atoms with Gasteiger partial charge in [-0.05, 0) is 48.6 Å². The molecule has 3 rings (SSSR count). The Balaban J connectivity index is 1.63. The minimum Gasteiger partial charge on any atom is -0.497 e. The van der Waals surface area contributed by atoms with Gasteiger partial charge < -0.3 is 14.8 Å². The fourth-order valence-corrected chi connectivity index (χ4v) is 4.04. The van der Waals surface area contributed by atoms with E-state index in [1.807, 2.05) is 0 Å². The van der Waals surface area contributed by atoms with E-state index >= 15 is 0 Å². The van der Waals surface area contributed by atoms with E-state index < -0.39 is 5.54 Å². The molecule has 146 valence electrons. The number of amides is 1. The summed E-state index contributed by atoms with van der Waals surface area (Å²) in [5.41, 5.74) is -0.0642. The predicted molar refractivity (Wildman–Crippen MR) is 109 cm³/mol. The molecular weight excluding hydrogens is 374 g/mol. The highest BCUT2D eigenvalue weighted by molar-refractivity contribution is 7.12. The van der Waals surface area contributed by atoms with Gasteiger partial charge in [0.05, 0.1) is 7.11 Å². The van der Waals surface area contributed by atoms with Crippen molar-refractivity contribution in [3.05, 3.63) is 46.2 Å². The molecule has 6 heteroatoms. The Morgan fingerprint density at radius 1 is 1.18 bits per heavy atom. The Kier molecular flexibility index (Phi) is 6.37. The Hall–Kier alpha value is -2.78. The molecule has 1 fully saturated rings. The summed E-state index contributed by atoms with van der Waals surface area (Å²) in [5.74, 6) is 3.43. The van der Waals surface area contributed by atoms with E-state index in [2.05, 4.69) is 11.2 Å². The average Bonchev–Trinajstić information content (AvgIpc) is 3.21. The van der Waals surface area contributed by atoms with E-state index in [1.165, 1.54) is 11.3 Å². The number of carbonyl (C=O) groups excluding carboxylic acids is 2. The molecule has 0 unspecified atom stereocenters. The molecular formula is C22H23NO4S. The van der Waals surface area contributed by atoms with Gasteiger partial charge in [-0.25, -0.2) is 0 Å². The highest BCUT2D eigenvalue weighted by atomic mass is 32.1. The SMILES string of the molecule is C#CC1(NC(=O)c2sccc2OCC(=O)c2ccc(OC)cc2)CCCCC1. The van der Waals surface area contributed by atoms with Crippen molar-refractivity contribution in [3.8, 4) is 23.8 Å². The van der Waals surface area contributed by atoms with Gasteiger partial charge in [-0.3, -0.25) is 9.59 Å². The van der Waals surface area contributed by atoms with Crippen LogP contribution in [0.25, 0.3) is 0 Å². The summed E-state index contributed by atoms with van der Waals surface area (Å²) >= 11 is 1.27. The number of carbonyl (C=O) groups is 2. The number of methoxy groups -OCH3 is 1. The molecule has 28 heavy (non-hydrogen) atoms. The lowest BCUT2D eigenvalue weighted by atomic mass is 9.82. The Morgan fingerprint density at radius 3 is 2.54 bits per heavy atom. The van der Waals surface area contributed by atoms with E-state index in [9.17, 15) is 9.59 Å². The summed E-state index contributed by atoms with van der Waals surface area (Å²) in [5, 5.41) is 4.78. The molecule has 1 aromatic carbocycles. The zero-order chi connectivity index (χ0) is 20.0. The zero-order valence-corrected chi connectivity index (χ0v) is 16.6. The summed E-state index contributed by atoms with van der Waals surface area (Å²) in [6.07, 6.45) is 10.4. The number of terminal acetylenes is 1. The maximum atomic E-state index is 12.8. The maximum absolute atomic E-state index is 12.8. The number of nitrogens with one attached hydrogen (secondary N) is 1. The number of rotatable bonds is 7. The van der Waals surface area contributed by atoms with Crippen molar-refractivity contribution in [1.29, 1.82) is 0 Å². The van der Waals surface area contributed by atoms with Gasteiger partial charge in [0.1, 0.15) is 21.9 Å². The molecule has 1 N–H and O–H groups in total. The van der Waals surface area contributed by atoms with Crippen molar-refractivity contribution in [2.45, 2.75) is 37.6 Å². The largest absolute Gasteiger partial charge is 0.497 e. The van der Waals surface area contributed by atoms with Gasteiger partial charge in [-0.2, -0.15) is 0 Å². The highest BCUT2D eigenvalue weighted by Crippen LogP contribution is 2.30. The van der Waals surface area contributed by atoms with Gasteiger partial charge in [-0.1, -0.05) is 25.2 Å². The van der Waals surface area contributed by atoms with E-state index in [0.29, 0.717) is 21.9 Å². The molecule has 0 bridgehead atoms. The molecule has 0 atom stereocenters. The first kappa shape index (κ1) is 20.0. The molecule has 0 radical (unpaired) electrons. The second kappa shape index (κ2) is 8.94. The molecule has 1 aliphatic rings. The van der Waals surface area contributed by atoms with Gasteiger partial charge in [0.2, 0.25) is 0 Å². The molecule has 1 aliphatic carbocycles. The van der Waals surface area contributed by atoms with Crippen molar-refractivity contribution >= 4 is 23.0 Å². The molecule has 0 aliphatic heterocycles. The molecule has 0 saturated heterocycles. The van der Waals surface area contributed by atoms with E-state index in [4.69, 9.17) is 15.9 Å². The van der Waals surface area contributed by atoms with Crippen LogP contribution in [-0.2, 0) is 0 Å². The number of ketones is 1. The third-order valence-electron chi connectivity index (χ3n) is 4.94. The normalized spacial score (nSPS) is 15.3. The lowest BCUT2D eigenvalue weighted by molar-refractivity contribution is 0.0884. The molecule has 1 aromatic heterocycles. The minimum atomic E-state index is -0.588.